The van der Waals surface area contributed by atoms with Crippen molar-refractivity contribution in [2.24, 2.45) is 0 Å². The standard InChI is InChI=1S/C13H15N3Si/c1-16-10-6-4-8-14-12(10)17(2,3)13-11(16)7-5-9-15-13/h4-9H,1-3H3. The van der Waals surface area contributed by atoms with Crippen LogP contribution in [0, 0.1) is 0 Å². The van der Waals surface area contributed by atoms with E-state index >= 15 is 0 Å². The van der Waals surface area contributed by atoms with Gasteiger partial charge in [-0.25, -0.2) is 0 Å². The first-order valence-corrected chi connectivity index (χ1v) is 8.77. The number of fused-ring (bicyclic) bond motifs is 2. The fourth-order valence-corrected chi connectivity index (χ4v) is 5.34. The predicted octanol–water partition coefficient (Wildman–Crippen LogP) is 1.38. The van der Waals surface area contributed by atoms with Crippen LogP contribution in [0.1, 0.15) is 0 Å². The van der Waals surface area contributed by atoms with Crippen molar-refractivity contribution in [3.05, 3.63) is 36.7 Å². The Bertz CT molecular complexity index is 531. The maximum atomic E-state index is 4.60. The highest BCUT2D eigenvalue weighted by Gasteiger charge is 2.39. The van der Waals surface area contributed by atoms with Crippen LogP contribution in [-0.4, -0.2) is 25.1 Å². The molecule has 1 aliphatic rings. The summed E-state index contributed by atoms with van der Waals surface area (Å²) < 4.78 is 0. The van der Waals surface area contributed by atoms with Gasteiger partial charge in [0, 0.05) is 19.4 Å². The van der Waals surface area contributed by atoms with E-state index in [0.717, 1.165) is 0 Å². The molecule has 0 aliphatic carbocycles. The molecule has 0 radical (unpaired) electrons. The summed E-state index contributed by atoms with van der Waals surface area (Å²) in [6, 6.07) is 8.29. The molecule has 3 nitrogen and oxygen atoms in total. The van der Waals surface area contributed by atoms with Crippen molar-refractivity contribution in [2.75, 3.05) is 11.9 Å². The van der Waals surface area contributed by atoms with E-state index in [1.807, 2.05) is 24.5 Å². The van der Waals surface area contributed by atoms with E-state index in [4.69, 9.17) is 0 Å². The second-order valence-electron chi connectivity index (χ2n) is 4.93. The van der Waals surface area contributed by atoms with Crippen molar-refractivity contribution in [1.82, 2.24) is 9.97 Å². The van der Waals surface area contributed by atoms with Gasteiger partial charge in [0.2, 0.25) is 0 Å². The summed E-state index contributed by atoms with van der Waals surface area (Å²) in [6.07, 6.45) is 3.77. The number of hydrogen-bond acceptors (Lipinski definition) is 3. The molecule has 0 saturated heterocycles. The minimum atomic E-state index is -1.74. The molecule has 0 bridgehead atoms. The Morgan fingerprint density at radius 3 is 1.88 bits per heavy atom. The second kappa shape index (κ2) is 3.40. The van der Waals surface area contributed by atoms with Gasteiger partial charge in [-0.05, 0) is 24.3 Å². The molecule has 1 aliphatic heterocycles. The van der Waals surface area contributed by atoms with E-state index in [1.165, 1.54) is 22.0 Å². The number of hydrogen-bond donors (Lipinski definition) is 0. The molecule has 86 valence electrons. The predicted molar refractivity (Wildman–Crippen MR) is 73.3 cm³/mol. The van der Waals surface area contributed by atoms with E-state index in [-0.39, 0.29) is 0 Å². The third kappa shape index (κ3) is 1.34. The van der Waals surface area contributed by atoms with Crippen LogP contribution in [0.5, 0.6) is 0 Å². The van der Waals surface area contributed by atoms with Gasteiger partial charge < -0.3 is 4.90 Å². The second-order valence-corrected chi connectivity index (χ2v) is 9.12. The minimum absolute atomic E-state index is 1.23. The summed E-state index contributed by atoms with van der Waals surface area (Å²) in [4.78, 5) is 11.4. The van der Waals surface area contributed by atoms with Crippen LogP contribution in [0.4, 0.5) is 11.4 Å². The number of aromatic nitrogens is 2. The Balaban J connectivity index is 2.34. The number of rotatable bonds is 0. The number of nitrogens with zero attached hydrogens (tertiary/aromatic N) is 3. The summed E-state index contributed by atoms with van der Waals surface area (Å²) in [7, 11) is 0.350. The van der Waals surface area contributed by atoms with E-state index in [0.29, 0.717) is 0 Å². The van der Waals surface area contributed by atoms with Crippen molar-refractivity contribution in [2.45, 2.75) is 13.1 Å². The van der Waals surface area contributed by atoms with Crippen molar-refractivity contribution in [3.63, 3.8) is 0 Å². The highest BCUT2D eigenvalue weighted by molar-refractivity contribution is 7.01. The molecule has 2 aromatic heterocycles. The van der Waals surface area contributed by atoms with Crippen molar-refractivity contribution >= 4 is 30.1 Å². The first-order chi connectivity index (χ1) is 8.12. The van der Waals surface area contributed by atoms with Crippen LogP contribution < -0.4 is 15.5 Å². The molecule has 0 N–H and O–H groups in total. The Kier molecular flexibility index (Phi) is 2.10. The summed E-state index contributed by atoms with van der Waals surface area (Å²) in [5.74, 6) is 0. The first-order valence-electron chi connectivity index (χ1n) is 5.77. The molecule has 3 heterocycles. The Hall–Kier alpha value is -1.68. The lowest BCUT2D eigenvalue weighted by molar-refractivity contribution is 1.16. The van der Waals surface area contributed by atoms with Crippen molar-refractivity contribution in [1.29, 1.82) is 0 Å². The molecule has 3 rings (SSSR count). The van der Waals surface area contributed by atoms with Gasteiger partial charge >= 0.3 is 0 Å². The van der Waals surface area contributed by atoms with Gasteiger partial charge in [0.15, 0.2) is 8.07 Å². The summed E-state index contributed by atoms with van der Waals surface area (Å²) >= 11 is 0. The maximum Gasteiger partial charge on any atom is 0.164 e. The van der Waals surface area contributed by atoms with Gasteiger partial charge in [0.05, 0.1) is 22.0 Å². The lowest BCUT2D eigenvalue weighted by Gasteiger charge is -2.36. The number of anilines is 2. The van der Waals surface area contributed by atoms with Crippen LogP contribution in [0.25, 0.3) is 0 Å². The van der Waals surface area contributed by atoms with Crippen molar-refractivity contribution in [3.8, 4) is 0 Å². The van der Waals surface area contributed by atoms with Crippen LogP contribution in [-0.2, 0) is 0 Å². The van der Waals surface area contributed by atoms with Gasteiger partial charge in [-0.15, -0.1) is 0 Å². The monoisotopic (exact) mass is 241 g/mol. The number of pyridine rings is 2. The molecular weight excluding hydrogens is 226 g/mol. The Labute approximate surface area is 102 Å². The highest BCUT2D eigenvalue weighted by Crippen LogP contribution is 2.27. The minimum Gasteiger partial charge on any atom is -0.342 e. The van der Waals surface area contributed by atoms with E-state index in [9.17, 15) is 0 Å². The van der Waals surface area contributed by atoms with Gasteiger partial charge in [-0.3, -0.25) is 9.97 Å². The lowest BCUT2D eigenvalue weighted by Crippen LogP contribution is -2.61. The molecule has 0 atom stereocenters. The van der Waals surface area contributed by atoms with Gasteiger partial charge in [0.25, 0.3) is 0 Å². The molecule has 2 aromatic rings. The normalized spacial score (nSPS) is 16.3. The molecule has 0 fully saturated rings. The third-order valence-electron chi connectivity index (χ3n) is 3.48. The van der Waals surface area contributed by atoms with Crippen LogP contribution >= 0.6 is 0 Å². The van der Waals surface area contributed by atoms with Crippen molar-refractivity contribution < 1.29 is 0 Å². The SMILES string of the molecule is CN1c2cccnc2[Si](C)(C)c2ncccc21. The van der Waals surface area contributed by atoms with Gasteiger partial charge in [0.1, 0.15) is 0 Å². The third-order valence-corrected chi connectivity index (χ3v) is 6.62. The highest BCUT2D eigenvalue weighted by atomic mass is 28.3. The molecule has 0 unspecified atom stereocenters. The Morgan fingerprint density at radius 2 is 1.41 bits per heavy atom. The molecule has 17 heavy (non-hydrogen) atoms. The first kappa shape index (κ1) is 10.5. The average molecular weight is 241 g/mol. The summed E-state index contributed by atoms with van der Waals surface area (Å²) in [5.41, 5.74) is 2.45. The fourth-order valence-electron chi connectivity index (χ4n) is 2.54. The zero-order valence-corrected chi connectivity index (χ0v) is 11.3. The summed E-state index contributed by atoms with van der Waals surface area (Å²) in [5, 5.41) is 2.46. The van der Waals surface area contributed by atoms with Crippen LogP contribution in [0.2, 0.25) is 13.1 Å². The van der Waals surface area contributed by atoms with E-state index < -0.39 is 8.07 Å². The molecule has 0 aromatic carbocycles. The quantitative estimate of drug-likeness (QED) is 0.653. The zero-order valence-electron chi connectivity index (χ0n) is 10.3. The smallest absolute Gasteiger partial charge is 0.164 e. The molecule has 0 amide bonds. The average Bonchev–Trinajstić information content (AvgIpc) is 2.37. The summed E-state index contributed by atoms with van der Waals surface area (Å²) in [6.45, 7) is 4.63. The Morgan fingerprint density at radius 1 is 0.941 bits per heavy atom. The zero-order chi connectivity index (χ0) is 12.0. The van der Waals surface area contributed by atoms with E-state index in [2.05, 4.69) is 47.1 Å². The van der Waals surface area contributed by atoms with E-state index in [1.54, 1.807) is 0 Å². The van der Waals surface area contributed by atoms with Gasteiger partial charge in [-0.2, -0.15) is 0 Å². The molecule has 0 saturated carbocycles. The fraction of sp³-hybridized carbons (Fsp3) is 0.231. The van der Waals surface area contributed by atoms with Crippen LogP contribution in [0.15, 0.2) is 36.7 Å². The lowest BCUT2D eigenvalue weighted by atomic mass is 10.3. The topological polar surface area (TPSA) is 29.0 Å². The largest absolute Gasteiger partial charge is 0.342 e. The molecular formula is C13H15N3Si. The molecule has 4 heteroatoms. The molecule has 0 spiro atoms. The maximum absolute atomic E-state index is 4.60. The van der Waals surface area contributed by atoms with Gasteiger partial charge in [-0.1, -0.05) is 13.1 Å². The van der Waals surface area contributed by atoms with Crippen LogP contribution in [0.3, 0.4) is 0 Å².